The number of aromatic hydroxyl groups is 1. The van der Waals surface area contributed by atoms with Gasteiger partial charge in [-0.25, -0.2) is 0 Å². The van der Waals surface area contributed by atoms with Crippen molar-refractivity contribution < 1.29 is 14.6 Å². The predicted molar refractivity (Wildman–Crippen MR) is 106 cm³/mol. The van der Waals surface area contributed by atoms with Crippen LogP contribution in [0.2, 0.25) is 0 Å². The summed E-state index contributed by atoms with van der Waals surface area (Å²) in [6.45, 7) is 15.6. The van der Waals surface area contributed by atoms with Crippen LogP contribution >= 0.6 is 0 Å². The normalized spacial score (nSPS) is 9.28. The summed E-state index contributed by atoms with van der Waals surface area (Å²) in [4.78, 5) is 12.1. The first-order valence-electron chi connectivity index (χ1n) is 8.93. The van der Waals surface area contributed by atoms with E-state index in [0.29, 0.717) is 11.3 Å². The van der Waals surface area contributed by atoms with Crippen molar-refractivity contribution in [2.75, 3.05) is 6.61 Å². The zero-order chi connectivity index (χ0) is 19.6. The molecule has 0 atom stereocenters. The van der Waals surface area contributed by atoms with Crippen molar-refractivity contribution in [3.63, 3.8) is 0 Å². The highest BCUT2D eigenvalue weighted by molar-refractivity contribution is 5.97. The van der Waals surface area contributed by atoms with E-state index >= 15 is 0 Å². The van der Waals surface area contributed by atoms with Crippen LogP contribution < -0.4 is 4.74 Å². The standard InChI is InChI=1S/C18H20O3.2C2H6/c1-11-12(2)14(4)18(17(20)13(11)3)21-10-16(19)15-8-6-5-7-9-15;2*1-2/h5-9,20H,10H2,1-4H3;2*1-2H3. The van der Waals surface area contributed by atoms with E-state index in [1.807, 2.05) is 73.6 Å². The van der Waals surface area contributed by atoms with Crippen LogP contribution in [0.3, 0.4) is 0 Å². The van der Waals surface area contributed by atoms with Gasteiger partial charge in [0, 0.05) is 5.56 Å². The summed E-state index contributed by atoms with van der Waals surface area (Å²) in [5.41, 5.74) is 4.39. The van der Waals surface area contributed by atoms with Gasteiger partial charge in [-0.15, -0.1) is 0 Å². The topological polar surface area (TPSA) is 46.5 Å². The molecule has 138 valence electrons. The third-order valence-corrected chi connectivity index (χ3v) is 4.04. The first kappa shape index (κ1) is 22.7. The van der Waals surface area contributed by atoms with Gasteiger partial charge in [0.05, 0.1) is 0 Å². The molecule has 0 spiro atoms. The van der Waals surface area contributed by atoms with E-state index in [1.54, 1.807) is 12.1 Å². The molecule has 25 heavy (non-hydrogen) atoms. The number of ether oxygens (including phenoxy) is 1. The molecule has 0 heterocycles. The van der Waals surface area contributed by atoms with Crippen molar-refractivity contribution in [2.45, 2.75) is 55.4 Å². The Labute approximate surface area is 152 Å². The third kappa shape index (κ3) is 5.63. The van der Waals surface area contributed by atoms with E-state index in [9.17, 15) is 9.90 Å². The van der Waals surface area contributed by atoms with Crippen LogP contribution in [0.1, 0.15) is 60.3 Å². The van der Waals surface area contributed by atoms with Gasteiger partial charge in [0.1, 0.15) is 0 Å². The van der Waals surface area contributed by atoms with E-state index in [4.69, 9.17) is 4.74 Å². The van der Waals surface area contributed by atoms with E-state index in [-0.39, 0.29) is 18.1 Å². The third-order valence-electron chi connectivity index (χ3n) is 4.04. The molecule has 0 fully saturated rings. The molecule has 2 rings (SSSR count). The molecular weight excluding hydrogens is 312 g/mol. The predicted octanol–water partition coefficient (Wildman–Crippen LogP) is 5.94. The molecule has 0 aliphatic heterocycles. The summed E-state index contributed by atoms with van der Waals surface area (Å²) in [7, 11) is 0. The van der Waals surface area contributed by atoms with Gasteiger partial charge in [-0.05, 0) is 49.9 Å². The maximum Gasteiger partial charge on any atom is 0.200 e. The number of carbonyl (C=O) groups is 1. The molecule has 0 saturated carbocycles. The Morgan fingerprint density at radius 2 is 1.32 bits per heavy atom. The molecule has 0 aromatic heterocycles. The zero-order valence-corrected chi connectivity index (χ0v) is 16.9. The molecule has 3 nitrogen and oxygen atoms in total. The number of ketones is 1. The molecule has 2 aromatic rings. The van der Waals surface area contributed by atoms with Gasteiger partial charge in [0.2, 0.25) is 0 Å². The molecule has 0 radical (unpaired) electrons. The summed E-state index contributed by atoms with van der Waals surface area (Å²) in [6.07, 6.45) is 0. The van der Waals surface area contributed by atoms with Gasteiger partial charge in [-0.1, -0.05) is 58.0 Å². The average molecular weight is 344 g/mol. The summed E-state index contributed by atoms with van der Waals surface area (Å²) in [6, 6.07) is 9.00. The Balaban J connectivity index is 0.00000134. The molecule has 0 saturated heterocycles. The van der Waals surface area contributed by atoms with Gasteiger partial charge in [0.15, 0.2) is 23.9 Å². The molecular formula is C22H32O3. The number of benzene rings is 2. The Hall–Kier alpha value is -2.29. The number of hydrogen-bond acceptors (Lipinski definition) is 3. The quantitative estimate of drug-likeness (QED) is 0.698. The van der Waals surface area contributed by atoms with Crippen molar-refractivity contribution in [1.82, 2.24) is 0 Å². The molecule has 1 N–H and O–H groups in total. The number of hydrogen-bond donors (Lipinski definition) is 1. The van der Waals surface area contributed by atoms with Gasteiger partial charge in [-0.3, -0.25) is 4.79 Å². The smallest absolute Gasteiger partial charge is 0.200 e. The first-order chi connectivity index (χ1) is 11.9. The van der Waals surface area contributed by atoms with Gasteiger partial charge in [-0.2, -0.15) is 0 Å². The fourth-order valence-electron chi connectivity index (χ4n) is 2.28. The fraction of sp³-hybridized carbons (Fsp3) is 0.409. The number of phenolic OH excluding ortho intramolecular Hbond substituents is 1. The Bertz CT molecular complexity index is 644. The molecule has 0 bridgehead atoms. The SMILES string of the molecule is CC.CC.Cc1c(C)c(C)c(OCC(=O)c2ccccc2)c(O)c1C. The van der Waals surface area contributed by atoms with E-state index in [2.05, 4.69) is 0 Å². The first-order valence-corrected chi connectivity index (χ1v) is 8.93. The number of Topliss-reactive ketones (excluding diaryl/α,β-unsaturated/α-hetero) is 1. The molecule has 0 aliphatic carbocycles. The molecule has 2 aromatic carbocycles. The van der Waals surface area contributed by atoms with Crippen molar-refractivity contribution in [3.05, 3.63) is 58.1 Å². The lowest BCUT2D eigenvalue weighted by molar-refractivity contribution is 0.0919. The highest BCUT2D eigenvalue weighted by atomic mass is 16.5. The fourth-order valence-corrected chi connectivity index (χ4v) is 2.28. The second-order valence-corrected chi connectivity index (χ2v) is 5.26. The zero-order valence-electron chi connectivity index (χ0n) is 16.9. The van der Waals surface area contributed by atoms with Gasteiger partial charge >= 0.3 is 0 Å². The lowest BCUT2D eigenvalue weighted by atomic mass is 9.97. The van der Waals surface area contributed by atoms with Crippen molar-refractivity contribution in [1.29, 1.82) is 0 Å². The van der Waals surface area contributed by atoms with Crippen LogP contribution in [0, 0.1) is 27.7 Å². The lowest BCUT2D eigenvalue weighted by Gasteiger charge is -2.17. The highest BCUT2D eigenvalue weighted by Gasteiger charge is 2.17. The lowest BCUT2D eigenvalue weighted by Crippen LogP contribution is -2.12. The molecule has 0 aliphatic rings. The number of carbonyl (C=O) groups excluding carboxylic acids is 1. The summed E-state index contributed by atoms with van der Waals surface area (Å²) >= 11 is 0. The van der Waals surface area contributed by atoms with Crippen molar-refractivity contribution in [2.24, 2.45) is 0 Å². The minimum Gasteiger partial charge on any atom is -0.504 e. The van der Waals surface area contributed by atoms with Crippen LogP contribution in [-0.2, 0) is 0 Å². The Morgan fingerprint density at radius 1 is 0.840 bits per heavy atom. The maximum atomic E-state index is 12.1. The van der Waals surface area contributed by atoms with Crippen molar-refractivity contribution in [3.8, 4) is 11.5 Å². The van der Waals surface area contributed by atoms with Crippen LogP contribution in [-0.4, -0.2) is 17.5 Å². The van der Waals surface area contributed by atoms with Crippen LogP contribution in [0.25, 0.3) is 0 Å². The number of rotatable bonds is 4. The van der Waals surface area contributed by atoms with E-state index in [0.717, 1.165) is 22.3 Å². The van der Waals surface area contributed by atoms with Crippen LogP contribution in [0.15, 0.2) is 30.3 Å². The minimum absolute atomic E-state index is 0.0830. The Kier molecular flexibility index (Phi) is 10.3. The number of phenols is 1. The summed E-state index contributed by atoms with van der Waals surface area (Å²) in [5.74, 6) is 0.418. The summed E-state index contributed by atoms with van der Waals surface area (Å²) < 4.78 is 5.60. The molecule has 0 unspecified atom stereocenters. The Morgan fingerprint density at radius 3 is 1.84 bits per heavy atom. The largest absolute Gasteiger partial charge is 0.504 e. The monoisotopic (exact) mass is 344 g/mol. The molecule has 0 amide bonds. The maximum absolute atomic E-state index is 12.1. The second kappa shape index (κ2) is 11.3. The second-order valence-electron chi connectivity index (χ2n) is 5.26. The van der Waals surface area contributed by atoms with E-state index in [1.165, 1.54) is 0 Å². The molecule has 3 heteroatoms. The van der Waals surface area contributed by atoms with Crippen LogP contribution in [0.4, 0.5) is 0 Å². The van der Waals surface area contributed by atoms with Gasteiger partial charge < -0.3 is 9.84 Å². The average Bonchev–Trinajstić information content (AvgIpc) is 2.68. The summed E-state index contributed by atoms with van der Waals surface area (Å²) in [5, 5.41) is 10.2. The van der Waals surface area contributed by atoms with E-state index < -0.39 is 0 Å². The minimum atomic E-state index is -0.106. The van der Waals surface area contributed by atoms with Gasteiger partial charge in [0.25, 0.3) is 0 Å². The highest BCUT2D eigenvalue weighted by Crippen LogP contribution is 2.38. The van der Waals surface area contributed by atoms with Crippen molar-refractivity contribution >= 4 is 5.78 Å². The van der Waals surface area contributed by atoms with Crippen LogP contribution in [0.5, 0.6) is 11.5 Å².